The first kappa shape index (κ1) is 15.7. The number of nitrogens with zero attached hydrogens (tertiary/aromatic N) is 3. The zero-order chi connectivity index (χ0) is 16.3. The van der Waals surface area contributed by atoms with E-state index in [0.29, 0.717) is 5.56 Å². The van der Waals surface area contributed by atoms with Crippen LogP contribution in [0.4, 0.5) is 17.6 Å². The number of carbonyl (C=O) groups is 1. The van der Waals surface area contributed by atoms with Crippen LogP contribution in [0.25, 0.3) is 0 Å². The second-order valence-electron chi connectivity index (χ2n) is 4.23. The molecule has 116 valence electrons. The van der Waals surface area contributed by atoms with Crippen LogP contribution in [0.2, 0.25) is 0 Å². The highest BCUT2D eigenvalue weighted by Gasteiger charge is 2.39. The molecule has 0 radical (unpaired) electrons. The Labute approximate surface area is 121 Å². The van der Waals surface area contributed by atoms with E-state index in [1.165, 1.54) is 19.2 Å². The minimum Gasteiger partial charge on any atom is -0.313 e. The molecule has 1 heterocycles. The maximum atomic E-state index is 12.7. The smallest absolute Gasteiger partial charge is 0.313 e. The second-order valence-corrected chi connectivity index (χ2v) is 4.23. The van der Waals surface area contributed by atoms with Gasteiger partial charge in [0.05, 0.1) is 6.21 Å². The molecule has 2 rings (SSSR count). The van der Waals surface area contributed by atoms with Gasteiger partial charge in [0.2, 0.25) is 0 Å². The highest BCUT2D eigenvalue weighted by molar-refractivity contribution is 5.91. The van der Waals surface area contributed by atoms with E-state index >= 15 is 0 Å². The summed E-state index contributed by atoms with van der Waals surface area (Å²) < 4.78 is 51.6. The van der Waals surface area contributed by atoms with Crippen LogP contribution in [0, 0.1) is 5.82 Å². The summed E-state index contributed by atoms with van der Waals surface area (Å²) in [4.78, 5) is 16.0. The van der Waals surface area contributed by atoms with Gasteiger partial charge in [0.1, 0.15) is 11.4 Å². The van der Waals surface area contributed by atoms with E-state index in [4.69, 9.17) is 0 Å². The highest BCUT2D eigenvalue weighted by atomic mass is 19.4. The largest absolute Gasteiger partial charge is 0.436 e. The number of oxime groups is 1. The number of halogens is 4. The molecular weight excluding hydrogens is 306 g/mol. The van der Waals surface area contributed by atoms with Crippen molar-refractivity contribution in [3.8, 4) is 0 Å². The van der Waals surface area contributed by atoms with Gasteiger partial charge < -0.3 is 4.84 Å². The Morgan fingerprint density at radius 1 is 1.32 bits per heavy atom. The van der Waals surface area contributed by atoms with Crippen LogP contribution in [-0.2, 0) is 18.1 Å². The number of hydrogen-bond donors (Lipinski definition) is 0. The fourth-order valence-electron chi connectivity index (χ4n) is 1.58. The van der Waals surface area contributed by atoms with Crippen molar-refractivity contribution in [2.75, 3.05) is 0 Å². The van der Waals surface area contributed by atoms with Crippen molar-refractivity contribution < 1.29 is 27.2 Å². The number of rotatable bonds is 3. The van der Waals surface area contributed by atoms with Crippen LogP contribution >= 0.6 is 0 Å². The molecular formula is C13H9F4N3O2. The van der Waals surface area contributed by atoms with Crippen LogP contribution in [0.3, 0.4) is 0 Å². The molecule has 0 aliphatic carbocycles. The fourth-order valence-corrected chi connectivity index (χ4v) is 1.58. The molecule has 1 aromatic carbocycles. The molecule has 0 aliphatic heterocycles. The van der Waals surface area contributed by atoms with Crippen molar-refractivity contribution in [1.82, 2.24) is 9.78 Å². The summed E-state index contributed by atoms with van der Waals surface area (Å²) in [6, 6.07) is 5.04. The number of carbonyl (C=O) groups excluding carboxylic acids is 1. The predicted molar refractivity (Wildman–Crippen MR) is 67.6 cm³/mol. The van der Waals surface area contributed by atoms with E-state index < -0.39 is 29.2 Å². The average molecular weight is 315 g/mol. The molecule has 0 unspecified atom stereocenters. The van der Waals surface area contributed by atoms with Crippen LogP contribution < -0.4 is 0 Å². The first-order valence-corrected chi connectivity index (χ1v) is 5.88. The van der Waals surface area contributed by atoms with Crippen molar-refractivity contribution >= 4 is 12.2 Å². The van der Waals surface area contributed by atoms with Gasteiger partial charge in [-0.25, -0.2) is 9.18 Å². The maximum Gasteiger partial charge on any atom is 0.436 e. The number of hydrogen-bond acceptors (Lipinski definition) is 4. The third kappa shape index (κ3) is 3.68. The quantitative estimate of drug-likeness (QED) is 0.379. The van der Waals surface area contributed by atoms with Crippen LogP contribution in [0.1, 0.15) is 21.6 Å². The Morgan fingerprint density at radius 3 is 2.55 bits per heavy atom. The fraction of sp³-hybridized carbons (Fsp3) is 0.154. The Hall–Kier alpha value is -2.71. The molecule has 0 N–H and O–H groups in total. The first-order chi connectivity index (χ1) is 10.3. The molecule has 0 saturated heterocycles. The van der Waals surface area contributed by atoms with Crippen molar-refractivity contribution in [3.63, 3.8) is 0 Å². The zero-order valence-electron chi connectivity index (χ0n) is 11.1. The normalized spacial score (nSPS) is 11.9. The lowest BCUT2D eigenvalue weighted by atomic mass is 10.2. The molecule has 9 heteroatoms. The summed E-state index contributed by atoms with van der Waals surface area (Å²) in [6.07, 6.45) is -2.82. The van der Waals surface area contributed by atoms with E-state index in [-0.39, 0.29) is 0 Å². The van der Waals surface area contributed by atoms with Gasteiger partial charge in [0.15, 0.2) is 5.69 Å². The minimum atomic E-state index is -4.78. The molecule has 0 amide bonds. The SMILES string of the molecule is Cn1cc(C(=O)O/N=C/c2ccc(F)cc2)c(C(F)(F)F)n1. The molecule has 22 heavy (non-hydrogen) atoms. The third-order valence-corrected chi connectivity index (χ3v) is 2.52. The maximum absolute atomic E-state index is 12.7. The van der Waals surface area contributed by atoms with Crippen LogP contribution in [0.5, 0.6) is 0 Å². The third-order valence-electron chi connectivity index (χ3n) is 2.52. The Balaban J connectivity index is 2.11. The second kappa shape index (κ2) is 5.96. The van der Waals surface area contributed by atoms with Gasteiger partial charge in [-0.15, -0.1) is 0 Å². The number of alkyl halides is 3. The van der Waals surface area contributed by atoms with E-state index in [1.807, 2.05) is 0 Å². The van der Waals surface area contributed by atoms with Gasteiger partial charge in [-0.1, -0.05) is 17.3 Å². The highest BCUT2D eigenvalue weighted by Crippen LogP contribution is 2.30. The van der Waals surface area contributed by atoms with Crippen molar-refractivity contribution in [2.24, 2.45) is 12.2 Å². The molecule has 1 aromatic heterocycles. The molecule has 2 aromatic rings. The summed E-state index contributed by atoms with van der Waals surface area (Å²) in [5, 5.41) is 6.45. The van der Waals surface area contributed by atoms with Gasteiger partial charge in [0.25, 0.3) is 0 Å². The number of aryl methyl sites for hydroxylation is 1. The summed E-state index contributed by atoms with van der Waals surface area (Å²) in [5.74, 6) is -1.75. The Bertz CT molecular complexity index is 705. The van der Waals surface area contributed by atoms with Gasteiger partial charge in [-0.2, -0.15) is 18.3 Å². The molecule has 0 bridgehead atoms. The van der Waals surface area contributed by atoms with Gasteiger partial charge in [-0.3, -0.25) is 4.68 Å². The monoisotopic (exact) mass is 315 g/mol. The standard InChI is InChI=1S/C13H9F4N3O2/c1-20-7-10(11(19-20)13(15,16)17)12(21)22-18-6-8-2-4-9(14)5-3-8/h2-7H,1H3/b18-6+. The van der Waals surface area contributed by atoms with E-state index in [1.54, 1.807) is 0 Å². The zero-order valence-corrected chi connectivity index (χ0v) is 11.1. The summed E-state index contributed by atoms with van der Waals surface area (Å²) in [6.45, 7) is 0. The molecule has 0 fully saturated rings. The lowest BCUT2D eigenvalue weighted by Crippen LogP contribution is -2.13. The molecule has 0 aliphatic rings. The van der Waals surface area contributed by atoms with Crippen molar-refractivity contribution in [1.29, 1.82) is 0 Å². The lowest BCUT2D eigenvalue weighted by molar-refractivity contribution is -0.142. The topological polar surface area (TPSA) is 56.5 Å². The van der Waals surface area contributed by atoms with E-state index in [2.05, 4.69) is 15.1 Å². The Kier molecular flexibility index (Phi) is 4.25. The summed E-state index contributed by atoms with van der Waals surface area (Å²) in [5.41, 5.74) is -1.68. The molecule has 0 saturated carbocycles. The number of benzene rings is 1. The van der Waals surface area contributed by atoms with Gasteiger partial charge in [0, 0.05) is 13.2 Å². The van der Waals surface area contributed by atoms with Crippen LogP contribution in [-0.4, -0.2) is 22.0 Å². The molecule has 5 nitrogen and oxygen atoms in total. The molecule has 0 spiro atoms. The number of aromatic nitrogens is 2. The average Bonchev–Trinajstić information content (AvgIpc) is 2.83. The van der Waals surface area contributed by atoms with Gasteiger partial charge in [-0.05, 0) is 17.7 Å². The molecule has 0 atom stereocenters. The Morgan fingerprint density at radius 2 is 1.95 bits per heavy atom. The minimum absolute atomic E-state index is 0.413. The van der Waals surface area contributed by atoms with Crippen molar-refractivity contribution in [3.05, 3.63) is 53.1 Å². The van der Waals surface area contributed by atoms with E-state index in [9.17, 15) is 22.4 Å². The summed E-state index contributed by atoms with van der Waals surface area (Å²) >= 11 is 0. The lowest BCUT2D eigenvalue weighted by Gasteiger charge is -2.03. The predicted octanol–water partition coefficient (Wildman–Crippen LogP) is 2.77. The van der Waals surface area contributed by atoms with Crippen LogP contribution in [0.15, 0.2) is 35.6 Å². The van der Waals surface area contributed by atoms with Gasteiger partial charge >= 0.3 is 12.1 Å². The van der Waals surface area contributed by atoms with E-state index in [0.717, 1.165) is 29.2 Å². The summed E-state index contributed by atoms with van der Waals surface area (Å²) in [7, 11) is 1.24. The first-order valence-electron chi connectivity index (χ1n) is 5.88. The van der Waals surface area contributed by atoms with Crippen molar-refractivity contribution in [2.45, 2.75) is 6.18 Å².